The molecule has 0 amide bonds. The van der Waals surface area contributed by atoms with Gasteiger partial charge in [0.15, 0.2) is 0 Å². The first-order valence-corrected chi connectivity index (χ1v) is 15.4. The van der Waals surface area contributed by atoms with Gasteiger partial charge < -0.3 is 28.1 Å². The van der Waals surface area contributed by atoms with E-state index in [1.54, 1.807) is 0 Å². The van der Waals surface area contributed by atoms with E-state index in [0.717, 1.165) is 57.6 Å². The molecular weight excluding hydrogens is 546 g/mol. The third kappa shape index (κ3) is 5.10. The van der Waals surface area contributed by atoms with Gasteiger partial charge in [-0.3, -0.25) is 0 Å². The summed E-state index contributed by atoms with van der Waals surface area (Å²) in [5.41, 5.74) is 8.63. The van der Waals surface area contributed by atoms with Crippen molar-refractivity contribution >= 4 is 64.0 Å². The molecule has 0 aliphatic carbocycles. The Morgan fingerprint density at radius 1 is 0.477 bits per heavy atom. The highest BCUT2D eigenvalue weighted by molar-refractivity contribution is 6.62. The average Bonchev–Trinajstić information content (AvgIpc) is 3.43. The molecule has 3 heterocycles. The summed E-state index contributed by atoms with van der Waals surface area (Å²) in [4.78, 5) is 2.28. The van der Waals surface area contributed by atoms with Crippen LogP contribution in [0.4, 0.5) is 17.1 Å². The second-order valence-corrected chi connectivity index (χ2v) is 11.3. The first kappa shape index (κ1) is 27.2. The second-order valence-electron chi connectivity index (χ2n) is 11.3. The molecule has 0 radical (unpaired) electrons. The Kier molecular flexibility index (Phi) is 7.42. The molecule has 2 aliphatic rings. The van der Waals surface area contributed by atoms with Crippen LogP contribution in [0, 0.1) is 0 Å². The van der Waals surface area contributed by atoms with E-state index >= 15 is 0 Å². The molecular formula is C36H32B2N2O4. The van der Waals surface area contributed by atoms with Crippen LogP contribution in [0.3, 0.4) is 0 Å². The van der Waals surface area contributed by atoms with Gasteiger partial charge in [-0.2, -0.15) is 0 Å². The van der Waals surface area contributed by atoms with E-state index in [9.17, 15) is 0 Å². The second kappa shape index (κ2) is 12.0. The first-order valence-electron chi connectivity index (χ1n) is 15.4. The summed E-state index contributed by atoms with van der Waals surface area (Å²) in [5, 5.41) is 2.35. The van der Waals surface area contributed by atoms with Crippen molar-refractivity contribution in [1.82, 2.24) is 4.57 Å². The van der Waals surface area contributed by atoms with Gasteiger partial charge in [0.25, 0.3) is 0 Å². The largest absolute Gasteiger partial charge is 0.493 e. The summed E-state index contributed by atoms with van der Waals surface area (Å²) in [6.07, 6.45) is 1.84. The van der Waals surface area contributed by atoms with Crippen LogP contribution in [0.25, 0.3) is 27.5 Å². The number of para-hydroxylation sites is 2. The predicted molar refractivity (Wildman–Crippen MR) is 179 cm³/mol. The van der Waals surface area contributed by atoms with Crippen molar-refractivity contribution in [2.45, 2.75) is 12.8 Å². The maximum absolute atomic E-state index is 5.99. The molecule has 2 saturated heterocycles. The Balaban J connectivity index is 1.27. The van der Waals surface area contributed by atoms with Gasteiger partial charge in [-0.1, -0.05) is 60.7 Å². The zero-order chi connectivity index (χ0) is 29.3. The van der Waals surface area contributed by atoms with Crippen LogP contribution in [0.15, 0.2) is 121 Å². The Morgan fingerprint density at radius 3 is 1.36 bits per heavy atom. The van der Waals surface area contributed by atoms with Crippen molar-refractivity contribution in [3.05, 3.63) is 121 Å². The van der Waals surface area contributed by atoms with Crippen molar-refractivity contribution in [2.75, 3.05) is 31.3 Å². The molecule has 1 aromatic heterocycles. The van der Waals surface area contributed by atoms with E-state index in [1.807, 2.05) is 12.1 Å². The number of benzene rings is 5. The number of hydrogen-bond acceptors (Lipinski definition) is 5. The zero-order valence-corrected chi connectivity index (χ0v) is 24.5. The third-order valence-corrected chi connectivity index (χ3v) is 8.41. The van der Waals surface area contributed by atoms with E-state index in [1.165, 1.54) is 10.8 Å². The summed E-state index contributed by atoms with van der Waals surface area (Å²) >= 11 is 0. The number of aromatic nitrogens is 1. The molecule has 8 rings (SSSR count). The summed E-state index contributed by atoms with van der Waals surface area (Å²) in [6.45, 7) is 2.82. The molecule has 0 saturated carbocycles. The van der Waals surface area contributed by atoms with Crippen molar-refractivity contribution in [2.24, 2.45) is 0 Å². The SMILES string of the molecule is c1ccc(N(c2ccccc2)c2ccc(-n3c4cc(B5OCCCO5)ccc4c4ccc(B5OCCCO5)cc43)cc2)cc1. The third-order valence-electron chi connectivity index (χ3n) is 8.41. The standard InChI is InChI=1S/C36H32B2N2O4/c1-3-9-29(10-4-1)39(30-11-5-2-6-12-30)31-15-17-32(18-16-31)40-35-25-27(37-41-21-7-22-42-37)13-19-33(35)34-20-14-28(26-36(34)40)38-43-23-8-24-44-38/h1-6,9-20,25-26H,7-8,21-24H2. The molecule has 5 aromatic carbocycles. The van der Waals surface area contributed by atoms with Crippen LogP contribution < -0.4 is 15.8 Å². The minimum atomic E-state index is -0.355. The minimum Gasteiger partial charge on any atom is -0.407 e. The van der Waals surface area contributed by atoms with Gasteiger partial charge in [-0.25, -0.2) is 0 Å². The number of rotatable bonds is 6. The fraction of sp³-hybridized carbons (Fsp3) is 0.167. The number of hydrogen-bond donors (Lipinski definition) is 0. The highest BCUT2D eigenvalue weighted by Gasteiger charge is 2.28. The van der Waals surface area contributed by atoms with Crippen LogP contribution in [-0.2, 0) is 18.6 Å². The number of anilines is 3. The van der Waals surface area contributed by atoms with Gasteiger partial charge in [0.05, 0.1) is 11.0 Å². The highest BCUT2D eigenvalue weighted by atomic mass is 16.6. The maximum atomic E-state index is 5.99. The van der Waals surface area contributed by atoms with E-state index < -0.39 is 0 Å². The normalized spacial score (nSPS) is 15.6. The van der Waals surface area contributed by atoms with Gasteiger partial charge in [-0.15, -0.1) is 0 Å². The van der Waals surface area contributed by atoms with Crippen molar-refractivity contribution < 1.29 is 18.6 Å². The predicted octanol–water partition coefficient (Wildman–Crippen LogP) is 6.52. The Bertz CT molecular complexity index is 1770. The van der Waals surface area contributed by atoms with E-state index in [4.69, 9.17) is 18.6 Å². The van der Waals surface area contributed by atoms with Crippen LogP contribution >= 0.6 is 0 Å². The Morgan fingerprint density at radius 2 is 0.909 bits per heavy atom. The summed E-state index contributed by atoms with van der Waals surface area (Å²) in [7, 11) is -0.709. The summed E-state index contributed by atoms with van der Waals surface area (Å²) < 4.78 is 26.3. The van der Waals surface area contributed by atoms with Crippen molar-refractivity contribution in [1.29, 1.82) is 0 Å². The van der Waals surface area contributed by atoms with Crippen molar-refractivity contribution in [3.63, 3.8) is 0 Å². The lowest BCUT2D eigenvalue weighted by molar-refractivity contribution is 0.143. The topological polar surface area (TPSA) is 45.1 Å². The molecule has 0 atom stereocenters. The molecule has 2 aliphatic heterocycles. The van der Waals surface area contributed by atoms with Crippen LogP contribution in [0.2, 0.25) is 0 Å². The summed E-state index contributed by atoms with van der Waals surface area (Å²) in [5.74, 6) is 0. The molecule has 6 nitrogen and oxygen atoms in total. The lowest BCUT2D eigenvalue weighted by Gasteiger charge is -2.25. The molecule has 0 N–H and O–H groups in total. The van der Waals surface area contributed by atoms with Gasteiger partial charge in [0.2, 0.25) is 0 Å². The zero-order valence-electron chi connectivity index (χ0n) is 24.5. The average molecular weight is 578 g/mol. The molecule has 0 unspecified atom stereocenters. The molecule has 0 spiro atoms. The van der Waals surface area contributed by atoms with Gasteiger partial charge in [0.1, 0.15) is 0 Å². The fourth-order valence-electron chi connectivity index (χ4n) is 6.34. The maximum Gasteiger partial charge on any atom is 0.493 e. The number of fused-ring (bicyclic) bond motifs is 3. The molecule has 44 heavy (non-hydrogen) atoms. The van der Waals surface area contributed by atoms with E-state index in [2.05, 4.69) is 119 Å². The minimum absolute atomic E-state index is 0.355. The lowest BCUT2D eigenvalue weighted by Crippen LogP contribution is -2.40. The van der Waals surface area contributed by atoms with Gasteiger partial charge in [-0.05, 0) is 84.4 Å². The van der Waals surface area contributed by atoms with Crippen LogP contribution in [-0.4, -0.2) is 45.2 Å². The summed E-state index contributed by atoms with van der Waals surface area (Å²) in [6, 6.07) is 42.8. The molecule has 0 bridgehead atoms. The quantitative estimate of drug-likeness (QED) is 0.211. The molecule has 216 valence electrons. The Hall–Kier alpha value is -4.33. The van der Waals surface area contributed by atoms with Gasteiger partial charge in [0, 0.05) is 59.9 Å². The van der Waals surface area contributed by atoms with Crippen LogP contribution in [0.5, 0.6) is 0 Å². The van der Waals surface area contributed by atoms with Crippen molar-refractivity contribution in [3.8, 4) is 5.69 Å². The number of nitrogens with zero attached hydrogens (tertiary/aromatic N) is 2. The van der Waals surface area contributed by atoms with E-state index in [0.29, 0.717) is 26.4 Å². The van der Waals surface area contributed by atoms with Gasteiger partial charge >= 0.3 is 14.2 Å². The van der Waals surface area contributed by atoms with E-state index in [-0.39, 0.29) is 14.2 Å². The molecule has 6 aromatic rings. The lowest BCUT2D eigenvalue weighted by atomic mass is 9.77. The Labute approximate surface area is 258 Å². The first-order chi connectivity index (χ1) is 21.8. The molecule has 8 heteroatoms. The highest BCUT2D eigenvalue weighted by Crippen LogP contribution is 2.36. The smallest absolute Gasteiger partial charge is 0.407 e. The van der Waals surface area contributed by atoms with Crippen LogP contribution in [0.1, 0.15) is 12.8 Å². The fourth-order valence-corrected chi connectivity index (χ4v) is 6.34. The molecule has 2 fully saturated rings. The monoisotopic (exact) mass is 578 g/mol.